The Morgan fingerprint density at radius 1 is 1.12 bits per heavy atom. The largest absolute Gasteiger partial charge is 0.494 e. The molecule has 0 unspecified atom stereocenters. The van der Waals surface area contributed by atoms with Crippen LogP contribution in [-0.4, -0.2) is 18.7 Å². The van der Waals surface area contributed by atoms with Crippen molar-refractivity contribution in [1.82, 2.24) is 0 Å². The minimum atomic E-state index is -0.204. The predicted molar refractivity (Wildman–Crippen MR) is 107 cm³/mol. The minimum Gasteiger partial charge on any atom is -0.494 e. The maximum atomic E-state index is 12.6. The van der Waals surface area contributed by atoms with Gasteiger partial charge in [0.2, 0.25) is 0 Å². The van der Waals surface area contributed by atoms with Crippen LogP contribution < -0.4 is 4.74 Å². The van der Waals surface area contributed by atoms with Gasteiger partial charge in [0.25, 0.3) is 0 Å². The van der Waals surface area contributed by atoms with Crippen LogP contribution in [-0.2, 0) is 4.74 Å². The minimum absolute atomic E-state index is 0.0424. The van der Waals surface area contributed by atoms with E-state index in [0.717, 1.165) is 31.6 Å². The van der Waals surface area contributed by atoms with Crippen LogP contribution in [0.2, 0.25) is 0 Å². The topological polar surface area (TPSA) is 35.5 Å². The lowest BCUT2D eigenvalue weighted by molar-refractivity contribution is -0.0174. The molecule has 1 aliphatic rings. The first-order valence-corrected chi connectivity index (χ1v) is 10.4. The Balaban J connectivity index is 1.86. The van der Waals surface area contributed by atoms with Gasteiger partial charge in [-0.3, -0.25) is 0 Å². The van der Waals surface area contributed by atoms with Crippen LogP contribution in [0.15, 0.2) is 24.3 Å². The molecule has 3 atom stereocenters. The molecule has 1 aromatic carbocycles. The fourth-order valence-corrected chi connectivity index (χ4v) is 3.86. The van der Waals surface area contributed by atoms with Crippen molar-refractivity contribution in [2.45, 2.75) is 78.7 Å². The highest BCUT2D eigenvalue weighted by Crippen LogP contribution is 2.35. The van der Waals surface area contributed by atoms with Crippen LogP contribution in [0, 0.1) is 17.8 Å². The second-order valence-corrected chi connectivity index (χ2v) is 8.20. The molecule has 0 radical (unpaired) electrons. The standard InChI is InChI=1S/C23H36O3/c1-5-6-7-8-15-25-20-12-10-19(11-13-20)23(24)26-22-16-18(4)9-14-21(22)17(2)3/h10-13,17-18,21-22H,5-9,14-16H2,1-4H3/t18-,21-,22-/m1/s1. The molecule has 0 saturated heterocycles. The van der Waals surface area contributed by atoms with E-state index in [2.05, 4.69) is 27.7 Å². The molecule has 0 aromatic heterocycles. The third-order valence-electron chi connectivity index (χ3n) is 5.58. The highest BCUT2D eigenvalue weighted by molar-refractivity contribution is 5.89. The van der Waals surface area contributed by atoms with Gasteiger partial charge < -0.3 is 9.47 Å². The molecule has 1 aromatic rings. The van der Waals surface area contributed by atoms with Gasteiger partial charge in [-0.1, -0.05) is 53.4 Å². The van der Waals surface area contributed by atoms with Crippen LogP contribution in [0.3, 0.4) is 0 Å². The highest BCUT2D eigenvalue weighted by atomic mass is 16.5. The van der Waals surface area contributed by atoms with Crippen molar-refractivity contribution >= 4 is 5.97 Å². The van der Waals surface area contributed by atoms with Crippen LogP contribution in [0.1, 0.15) is 83.0 Å². The predicted octanol–water partition coefficient (Wildman–Crippen LogP) is 6.26. The van der Waals surface area contributed by atoms with E-state index in [9.17, 15) is 4.79 Å². The Labute approximate surface area is 159 Å². The summed E-state index contributed by atoms with van der Waals surface area (Å²) in [5.74, 6) is 2.27. The number of hydrogen-bond donors (Lipinski definition) is 0. The summed E-state index contributed by atoms with van der Waals surface area (Å²) in [7, 11) is 0. The summed E-state index contributed by atoms with van der Waals surface area (Å²) in [6, 6.07) is 7.39. The average molecular weight is 361 g/mol. The third kappa shape index (κ3) is 6.34. The monoisotopic (exact) mass is 360 g/mol. The van der Waals surface area contributed by atoms with Gasteiger partial charge in [-0.15, -0.1) is 0 Å². The molecule has 0 amide bonds. The summed E-state index contributed by atoms with van der Waals surface area (Å²) in [4.78, 5) is 12.6. The Morgan fingerprint density at radius 3 is 2.50 bits per heavy atom. The summed E-state index contributed by atoms with van der Waals surface area (Å²) < 4.78 is 11.7. The summed E-state index contributed by atoms with van der Waals surface area (Å²) in [5.41, 5.74) is 0.615. The lowest BCUT2D eigenvalue weighted by Crippen LogP contribution is -2.35. The van der Waals surface area contributed by atoms with Crippen LogP contribution in [0.25, 0.3) is 0 Å². The first-order valence-electron chi connectivity index (χ1n) is 10.4. The fourth-order valence-electron chi connectivity index (χ4n) is 3.86. The molecule has 2 rings (SSSR count). The van der Waals surface area contributed by atoms with Crippen molar-refractivity contribution < 1.29 is 14.3 Å². The Kier molecular flexibility index (Phi) is 8.47. The van der Waals surface area contributed by atoms with E-state index in [1.165, 1.54) is 25.7 Å². The molecule has 0 heterocycles. The van der Waals surface area contributed by atoms with Gasteiger partial charge in [0.05, 0.1) is 12.2 Å². The molecular formula is C23H36O3. The molecule has 26 heavy (non-hydrogen) atoms. The van der Waals surface area contributed by atoms with E-state index in [1.54, 1.807) is 0 Å². The normalized spacial score (nSPS) is 23.0. The number of ether oxygens (including phenoxy) is 2. The second kappa shape index (κ2) is 10.6. The smallest absolute Gasteiger partial charge is 0.338 e. The molecule has 1 aliphatic carbocycles. The lowest BCUT2D eigenvalue weighted by atomic mass is 9.75. The van der Waals surface area contributed by atoms with Crippen LogP contribution in [0.4, 0.5) is 0 Å². The van der Waals surface area contributed by atoms with Crippen molar-refractivity contribution in [1.29, 1.82) is 0 Å². The maximum Gasteiger partial charge on any atom is 0.338 e. The fraction of sp³-hybridized carbons (Fsp3) is 0.696. The van der Waals surface area contributed by atoms with Crippen molar-refractivity contribution in [3.63, 3.8) is 0 Å². The van der Waals surface area contributed by atoms with Crippen LogP contribution in [0.5, 0.6) is 5.75 Å². The van der Waals surface area contributed by atoms with Gasteiger partial charge in [-0.2, -0.15) is 0 Å². The van der Waals surface area contributed by atoms with Crippen molar-refractivity contribution in [2.75, 3.05) is 6.61 Å². The molecule has 3 nitrogen and oxygen atoms in total. The molecule has 0 N–H and O–H groups in total. The Hall–Kier alpha value is -1.51. The quantitative estimate of drug-likeness (QED) is 0.385. The van der Waals surface area contributed by atoms with E-state index in [-0.39, 0.29) is 12.1 Å². The first kappa shape index (κ1) is 20.8. The number of hydrogen-bond acceptors (Lipinski definition) is 3. The van der Waals surface area contributed by atoms with Gasteiger partial charge in [0, 0.05) is 0 Å². The number of carbonyl (C=O) groups excluding carboxylic acids is 1. The molecule has 0 aliphatic heterocycles. The Morgan fingerprint density at radius 2 is 1.85 bits per heavy atom. The number of carbonyl (C=O) groups is 1. The summed E-state index contributed by atoms with van der Waals surface area (Å²) in [6.45, 7) is 9.65. The van der Waals surface area contributed by atoms with Gasteiger partial charge in [0.1, 0.15) is 11.9 Å². The molecule has 3 heteroatoms. The van der Waals surface area contributed by atoms with Gasteiger partial charge in [0.15, 0.2) is 0 Å². The van der Waals surface area contributed by atoms with E-state index < -0.39 is 0 Å². The third-order valence-corrected chi connectivity index (χ3v) is 5.58. The number of esters is 1. The van der Waals surface area contributed by atoms with Gasteiger partial charge in [-0.25, -0.2) is 4.79 Å². The zero-order valence-electron chi connectivity index (χ0n) is 17.0. The zero-order valence-corrected chi connectivity index (χ0v) is 17.0. The summed E-state index contributed by atoms with van der Waals surface area (Å²) in [6.07, 6.45) is 8.18. The molecule has 1 saturated carbocycles. The SMILES string of the molecule is CCCCCCOc1ccc(C(=O)O[C@@H]2C[C@H](C)CC[C@@H]2C(C)C)cc1. The molecule has 0 bridgehead atoms. The number of benzene rings is 1. The zero-order chi connectivity index (χ0) is 18.9. The second-order valence-electron chi connectivity index (χ2n) is 8.20. The van der Waals surface area contributed by atoms with Crippen molar-refractivity contribution in [2.24, 2.45) is 17.8 Å². The Bertz CT molecular complexity index is 535. The average Bonchev–Trinajstić information content (AvgIpc) is 2.62. The van der Waals surface area contributed by atoms with Gasteiger partial charge >= 0.3 is 5.97 Å². The maximum absolute atomic E-state index is 12.6. The van der Waals surface area contributed by atoms with E-state index in [1.807, 2.05) is 24.3 Å². The summed E-state index contributed by atoms with van der Waals surface area (Å²) >= 11 is 0. The van der Waals surface area contributed by atoms with Crippen LogP contribution >= 0.6 is 0 Å². The van der Waals surface area contributed by atoms with Crippen molar-refractivity contribution in [3.8, 4) is 5.75 Å². The van der Waals surface area contributed by atoms with E-state index in [4.69, 9.17) is 9.47 Å². The number of rotatable bonds is 9. The molecule has 146 valence electrons. The van der Waals surface area contributed by atoms with E-state index >= 15 is 0 Å². The highest BCUT2D eigenvalue weighted by Gasteiger charge is 2.33. The van der Waals surface area contributed by atoms with Crippen molar-refractivity contribution in [3.05, 3.63) is 29.8 Å². The van der Waals surface area contributed by atoms with E-state index in [0.29, 0.717) is 23.3 Å². The summed E-state index contributed by atoms with van der Waals surface area (Å²) in [5, 5.41) is 0. The van der Waals surface area contributed by atoms with Gasteiger partial charge in [-0.05, 0) is 61.3 Å². The number of unbranched alkanes of at least 4 members (excludes halogenated alkanes) is 3. The molecule has 1 fully saturated rings. The molecular weight excluding hydrogens is 324 g/mol. The lowest BCUT2D eigenvalue weighted by Gasteiger charge is -2.36. The molecule has 0 spiro atoms. The first-order chi connectivity index (χ1) is 12.5.